The van der Waals surface area contributed by atoms with Crippen molar-refractivity contribution < 1.29 is 9.59 Å². The number of nitrogens with zero attached hydrogens (tertiary/aromatic N) is 1. The van der Waals surface area contributed by atoms with Crippen molar-refractivity contribution in [2.75, 3.05) is 13.1 Å². The van der Waals surface area contributed by atoms with E-state index in [-0.39, 0.29) is 6.04 Å². The van der Waals surface area contributed by atoms with Crippen molar-refractivity contribution in [2.45, 2.75) is 25.9 Å². The lowest BCUT2D eigenvalue weighted by Crippen LogP contribution is -2.41. The number of para-hydroxylation sites is 1. The quantitative estimate of drug-likeness (QED) is 0.542. The Morgan fingerprint density at radius 2 is 1.85 bits per heavy atom. The maximum Gasteiger partial charge on any atom is 0.292 e. The minimum absolute atomic E-state index is 0.00988. The molecule has 5 heteroatoms. The fourth-order valence-corrected chi connectivity index (χ4v) is 3.87. The van der Waals surface area contributed by atoms with Gasteiger partial charge < -0.3 is 10.3 Å². The van der Waals surface area contributed by atoms with Crippen LogP contribution in [0.15, 0.2) is 54.6 Å². The van der Waals surface area contributed by atoms with Gasteiger partial charge in [-0.3, -0.25) is 14.5 Å². The predicted molar refractivity (Wildman–Crippen MR) is 106 cm³/mol. The van der Waals surface area contributed by atoms with Crippen LogP contribution in [-0.2, 0) is 11.3 Å². The van der Waals surface area contributed by atoms with Gasteiger partial charge in [-0.2, -0.15) is 0 Å². The third-order valence-corrected chi connectivity index (χ3v) is 5.18. The van der Waals surface area contributed by atoms with Gasteiger partial charge in [0, 0.05) is 42.3 Å². The third kappa shape index (κ3) is 3.64. The Labute approximate surface area is 158 Å². The number of H-pyrrole nitrogens is 1. The zero-order chi connectivity index (χ0) is 18.8. The molecule has 0 bridgehead atoms. The van der Waals surface area contributed by atoms with Gasteiger partial charge in [-0.25, -0.2) is 0 Å². The molecule has 3 aromatic rings. The summed E-state index contributed by atoms with van der Waals surface area (Å²) in [5.41, 5.74) is 3.34. The first-order valence-corrected chi connectivity index (χ1v) is 9.30. The second-order valence-corrected chi connectivity index (χ2v) is 7.18. The van der Waals surface area contributed by atoms with Gasteiger partial charge >= 0.3 is 0 Å². The highest BCUT2D eigenvalue weighted by atomic mass is 16.2. The lowest BCUT2D eigenvalue weighted by molar-refractivity contribution is -0.117. The highest BCUT2D eigenvalue weighted by Gasteiger charge is 2.28. The molecule has 1 fully saturated rings. The highest BCUT2D eigenvalue weighted by molar-refractivity contribution is 6.45. The molecule has 1 unspecified atom stereocenters. The van der Waals surface area contributed by atoms with Crippen molar-refractivity contribution in [2.24, 2.45) is 0 Å². The average molecular weight is 361 g/mol. The number of nitrogens with one attached hydrogen (secondary N) is 2. The number of carbonyl (C=O) groups excluding carboxylic acids is 2. The van der Waals surface area contributed by atoms with Crippen LogP contribution in [0.5, 0.6) is 0 Å². The maximum atomic E-state index is 12.8. The lowest BCUT2D eigenvalue weighted by Gasteiger charge is -2.16. The molecule has 2 N–H and O–H groups in total. The van der Waals surface area contributed by atoms with Crippen LogP contribution >= 0.6 is 0 Å². The SMILES string of the molecule is Cc1[nH]c2ccccc2c1C(=O)C(=O)NC1CCN(Cc2ccccc2)C1. The van der Waals surface area contributed by atoms with Gasteiger partial charge in [0.1, 0.15) is 0 Å². The Kier molecular flexibility index (Phi) is 4.77. The molecule has 2 heterocycles. The first-order valence-electron chi connectivity index (χ1n) is 9.30. The number of aryl methyl sites for hydroxylation is 1. The average Bonchev–Trinajstić information content (AvgIpc) is 3.24. The van der Waals surface area contributed by atoms with Gasteiger partial charge in [-0.1, -0.05) is 48.5 Å². The molecule has 1 amide bonds. The van der Waals surface area contributed by atoms with Crippen molar-refractivity contribution in [3.8, 4) is 0 Å². The van der Waals surface area contributed by atoms with Crippen LogP contribution in [0.4, 0.5) is 0 Å². The fourth-order valence-electron chi connectivity index (χ4n) is 3.87. The number of fused-ring (bicyclic) bond motifs is 1. The Morgan fingerprint density at radius 1 is 1.11 bits per heavy atom. The summed E-state index contributed by atoms with van der Waals surface area (Å²) in [7, 11) is 0. The Hall–Kier alpha value is -2.92. The van der Waals surface area contributed by atoms with Gasteiger partial charge in [-0.15, -0.1) is 0 Å². The number of carbonyl (C=O) groups is 2. The lowest BCUT2D eigenvalue weighted by atomic mass is 10.1. The van der Waals surface area contributed by atoms with Gasteiger partial charge in [0.05, 0.1) is 5.56 Å². The summed E-state index contributed by atoms with van der Waals surface area (Å²) < 4.78 is 0. The van der Waals surface area contributed by atoms with Gasteiger partial charge in [-0.05, 0) is 25.0 Å². The molecule has 5 nitrogen and oxygen atoms in total. The largest absolute Gasteiger partial charge is 0.358 e. The first-order chi connectivity index (χ1) is 13.1. The molecule has 1 atom stereocenters. The number of rotatable bonds is 5. The molecule has 1 saturated heterocycles. The van der Waals surface area contributed by atoms with Crippen LogP contribution in [0.1, 0.15) is 28.0 Å². The van der Waals surface area contributed by atoms with Crippen LogP contribution in [-0.4, -0.2) is 40.7 Å². The molecule has 138 valence electrons. The number of amides is 1. The molecule has 1 aliphatic rings. The van der Waals surface area contributed by atoms with E-state index in [0.29, 0.717) is 5.56 Å². The highest BCUT2D eigenvalue weighted by Crippen LogP contribution is 2.22. The van der Waals surface area contributed by atoms with Crippen molar-refractivity contribution in [1.29, 1.82) is 0 Å². The van der Waals surface area contributed by atoms with Crippen LogP contribution in [0.3, 0.4) is 0 Å². The molecule has 0 spiro atoms. The normalized spacial score (nSPS) is 17.3. The first kappa shape index (κ1) is 17.5. The van der Waals surface area contributed by atoms with E-state index in [2.05, 4.69) is 27.3 Å². The van der Waals surface area contributed by atoms with Crippen LogP contribution in [0, 0.1) is 6.92 Å². The van der Waals surface area contributed by atoms with Gasteiger partial charge in [0.25, 0.3) is 11.7 Å². The molecule has 1 aromatic heterocycles. The topological polar surface area (TPSA) is 65.2 Å². The van der Waals surface area contributed by atoms with E-state index in [1.807, 2.05) is 49.4 Å². The second kappa shape index (κ2) is 7.37. The van der Waals surface area contributed by atoms with Crippen molar-refractivity contribution in [3.05, 3.63) is 71.4 Å². The van der Waals surface area contributed by atoms with E-state index in [9.17, 15) is 9.59 Å². The standard InChI is InChI=1S/C22H23N3O2/c1-15-20(18-9-5-6-10-19(18)23-15)21(26)22(27)24-17-11-12-25(14-17)13-16-7-3-2-4-8-16/h2-10,17,23H,11-14H2,1H3,(H,24,27). The monoisotopic (exact) mass is 361 g/mol. The maximum absolute atomic E-state index is 12.8. The molecule has 4 rings (SSSR count). The molecule has 1 aliphatic heterocycles. The van der Waals surface area contributed by atoms with E-state index in [1.54, 1.807) is 0 Å². The summed E-state index contributed by atoms with van der Waals surface area (Å²) in [5.74, 6) is -0.985. The van der Waals surface area contributed by atoms with Crippen molar-refractivity contribution in [3.63, 3.8) is 0 Å². The number of Topliss-reactive ketones (excluding diaryl/α,β-unsaturated/α-hetero) is 1. The number of aromatic nitrogens is 1. The van der Waals surface area contributed by atoms with Crippen molar-refractivity contribution in [1.82, 2.24) is 15.2 Å². The van der Waals surface area contributed by atoms with E-state index >= 15 is 0 Å². The summed E-state index contributed by atoms with van der Waals surface area (Å²) in [5, 5.41) is 3.73. The van der Waals surface area contributed by atoms with E-state index in [4.69, 9.17) is 0 Å². The smallest absolute Gasteiger partial charge is 0.292 e. The minimum Gasteiger partial charge on any atom is -0.358 e. The predicted octanol–water partition coefficient (Wildman–Crippen LogP) is 3.05. The molecule has 0 radical (unpaired) electrons. The zero-order valence-electron chi connectivity index (χ0n) is 15.4. The molecule has 0 aliphatic carbocycles. The number of hydrogen-bond acceptors (Lipinski definition) is 3. The van der Waals surface area contributed by atoms with Crippen LogP contribution in [0.2, 0.25) is 0 Å². The van der Waals surface area contributed by atoms with Crippen LogP contribution < -0.4 is 5.32 Å². The summed E-state index contributed by atoms with van der Waals surface area (Å²) in [6, 6.07) is 17.9. The summed E-state index contributed by atoms with van der Waals surface area (Å²) in [6.45, 7) is 4.38. The number of benzene rings is 2. The third-order valence-electron chi connectivity index (χ3n) is 5.18. The Balaban J connectivity index is 1.40. The number of aromatic amines is 1. The molecular formula is C22H23N3O2. The fraction of sp³-hybridized carbons (Fsp3) is 0.273. The molecular weight excluding hydrogens is 338 g/mol. The minimum atomic E-state index is -0.519. The van der Waals surface area contributed by atoms with Crippen molar-refractivity contribution >= 4 is 22.6 Å². The van der Waals surface area contributed by atoms with E-state index in [0.717, 1.165) is 42.7 Å². The Bertz CT molecular complexity index is 978. The van der Waals surface area contributed by atoms with Gasteiger partial charge in [0.15, 0.2) is 0 Å². The Morgan fingerprint density at radius 3 is 2.67 bits per heavy atom. The summed E-state index contributed by atoms with van der Waals surface area (Å²) >= 11 is 0. The van der Waals surface area contributed by atoms with E-state index in [1.165, 1.54) is 5.56 Å². The summed E-state index contributed by atoms with van der Waals surface area (Å²) in [6.07, 6.45) is 0.860. The molecule has 27 heavy (non-hydrogen) atoms. The number of hydrogen-bond donors (Lipinski definition) is 2. The summed E-state index contributed by atoms with van der Waals surface area (Å²) in [4.78, 5) is 30.8. The van der Waals surface area contributed by atoms with E-state index < -0.39 is 11.7 Å². The second-order valence-electron chi connectivity index (χ2n) is 7.18. The number of likely N-dealkylation sites (tertiary alicyclic amines) is 1. The number of ketones is 1. The van der Waals surface area contributed by atoms with Gasteiger partial charge in [0.2, 0.25) is 0 Å². The molecule has 2 aromatic carbocycles. The molecule has 0 saturated carbocycles. The zero-order valence-corrected chi connectivity index (χ0v) is 15.4. The van der Waals surface area contributed by atoms with Crippen LogP contribution in [0.25, 0.3) is 10.9 Å².